The van der Waals surface area contributed by atoms with Crippen LogP contribution >= 0.6 is 0 Å². The minimum Gasteiger partial charge on any atom is -0.388 e. The summed E-state index contributed by atoms with van der Waals surface area (Å²) in [7, 11) is 0. The summed E-state index contributed by atoms with van der Waals surface area (Å²) >= 11 is 0. The van der Waals surface area contributed by atoms with Crippen molar-refractivity contribution in [3.05, 3.63) is 0 Å². The molecule has 0 radical (unpaired) electrons. The Hall–Kier alpha value is -0.240. The second-order valence-electron chi connectivity index (χ2n) is 2.76. The molecule has 5 N–H and O–H groups in total. The van der Waals surface area contributed by atoms with Gasteiger partial charge in [-0.05, 0) is 0 Å². The van der Waals surface area contributed by atoms with Crippen LogP contribution in [0, 0.1) is 0 Å². The van der Waals surface area contributed by atoms with Crippen molar-refractivity contribution in [1.82, 2.24) is 0 Å². The quantitative estimate of drug-likeness (QED) is 0.268. The average Bonchev–Trinajstić information content (AvgIpc) is 2.14. The molecule has 0 aromatic carbocycles. The summed E-state index contributed by atoms with van der Waals surface area (Å²) in [5.41, 5.74) is 0. The zero-order chi connectivity index (χ0) is 9.30. The molecule has 1 aliphatic rings. The Morgan fingerprint density at radius 3 is 2.00 bits per heavy atom. The summed E-state index contributed by atoms with van der Waals surface area (Å²) in [5.74, 6) is 0. The van der Waals surface area contributed by atoms with Crippen LogP contribution in [0.4, 0.5) is 0 Å². The predicted octanol–water partition coefficient (Wildman–Crippen LogP) is -3.22. The third-order valence-corrected chi connectivity index (χ3v) is 1.82. The highest BCUT2D eigenvalue weighted by Crippen LogP contribution is 2.14. The van der Waals surface area contributed by atoms with E-state index in [2.05, 4.69) is 4.74 Å². The van der Waals surface area contributed by atoms with Crippen molar-refractivity contribution in [1.29, 1.82) is 0 Å². The standard InChI is InChI=1S/C6H12O6/c7-2-1-12-6(11)5(10)4(9)3(2)8/h2-11H,1H2/t2-,3-,4-,5-,6?/m1/s1. The first-order valence-corrected chi connectivity index (χ1v) is 3.56. The van der Waals surface area contributed by atoms with E-state index >= 15 is 0 Å². The number of hydrogen-bond acceptors (Lipinski definition) is 6. The first-order chi connectivity index (χ1) is 5.54. The van der Waals surface area contributed by atoms with Crippen LogP contribution in [0.15, 0.2) is 0 Å². The highest BCUT2D eigenvalue weighted by Gasteiger charge is 2.38. The van der Waals surface area contributed by atoms with Crippen LogP contribution in [0.2, 0.25) is 0 Å². The lowest BCUT2D eigenvalue weighted by atomic mass is 10.0. The SMILES string of the molecule is OC1OC[C@@H](O)[C@@H](O)[C@@H](O)[C@H]1O. The van der Waals surface area contributed by atoms with Crippen molar-refractivity contribution >= 4 is 0 Å². The molecule has 0 aliphatic carbocycles. The van der Waals surface area contributed by atoms with Crippen LogP contribution in [-0.4, -0.2) is 62.8 Å². The van der Waals surface area contributed by atoms with Crippen LogP contribution in [0.3, 0.4) is 0 Å². The van der Waals surface area contributed by atoms with E-state index in [9.17, 15) is 0 Å². The normalized spacial score (nSPS) is 50.2. The van der Waals surface area contributed by atoms with Gasteiger partial charge in [0.05, 0.1) is 6.61 Å². The van der Waals surface area contributed by atoms with Crippen LogP contribution in [0.5, 0.6) is 0 Å². The van der Waals surface area contributed by atoms with Gasteiger partial charge in [-0.1, -0.05) is 0 Å². The number of aliphatic hydroxyl groups is 5. The van der Waals surface area contributed by atoms with Crippen molar-refractivity contribution < 1.29 is 30.3 Å². The molecule has 6 nitrogen and oxygen atoms in total. The third-order valence-electron chi connectivity index (χ3n) is 1.82. The summed E-state index contributed by atoms with van der Waals surface area (Å²) in [4.78, 5) is 0. The second kappa shape index (κ2) is 3.65. The topological polar surface area (TPSA) is 110 Å². The van der Waals surface area contributed by atoms with Gasteiger partial charge < -0.3 is 30.3 Å². The summed E-state index contributed by atoms with van der Waals surface area (Å²) in [6.07, 6.45) is -7.58. The number of ether oxygens (including phenoxy) is 1. The molecule has 1 rings (SSSR count). The lowest BCUT2D eigenvalue weighted by molar-refractivity contribution is -0.181. The maximum absolute atomic E-state index is 9.07. The van der Waals surface area contributed by atoms with Gasteiger partial charge in [-0.15, -0.1) is 0 Å². The van der Waals surface area contributed by atoms with Crippen molar-refractivity contribution in [2.24, 2.45) is 0 Å². The number of aliphatic hydroxyl groups excluding tert-OH is 5. The molecule has 0 amide bonds. The van der Waals surface area contributed by atoms with Gasteiger partial charge in [0.15, 0.2) is 6.29 Å². The fourth-order valence-corrected chi connectivity index (χ4v) is 0.993. The molecule has 1 saturated heterocycles. The first-order valence-electron chi connectivity index (χ1n) is 3.56. The Balaban J connectivity index is 2.68. The molecular weight excluding hydrogens is 168 g/mol. The van der Waals surface area contributed by atoms with Gasteiger partial charge in [0.1, 0.15) is 24.4 Å². The van der Waals surface area contributed by atoms with E-state index < -0.39 is 30.7 Å². The van der Waals surface area contributed by atoms with E-state index in [-0.39, 0.29) is 6.61 Å². The molecule has 0 saturated carbocycles. The molecule has 72 valence electrons. The van der Waals surface area contributed by atoms with Crippen LogP contribution in [0.25, 0.3) is 0 Å². The van der Waals surface area contributed by atoms with Crippen molar-refractivity contribution in [3.63, 3.8) is 0 Å². The maximum atomic E-state index is 9.07. The predicted molar refractivity (Wildman–Crippen MR) is 36.0 cm³/mol. The maximum Gasteiger partial charge on any atom is 0.183 e. The fourth-order valence-electron chi connectivity index (χ4n) is 0.993. The number of rotatable bonds is 0. The zero-order valence-electron chi connectivity index (χ0n) is 6.24. The Morgan fingerprint density at radius 1 is 0.833 bits per heavy atom. The summed E-state index contributed by atoms with van der Waals surface area (Å²) in [6.45, 7) is -0.323. The van der Waals surface area contributed by atoms with Gasteiger partial charge in [0, 0.05) is 0 Å². The van der Waals surface area contributed by atoms with E-state index in [1.807, 2.05) is 0 Å². The van der Waals surface area contributed by atoms with Crippen LogP contribution < -0.4 is 0 Å². The van der Waals surface area contributed by atoms with E-state index in [0.29, 0.717) is 0 Å². The molecule has 0 aromatic rings. The first kappa shape index (κ1) is 9.85. The largest absolute Gasteiger partial charge is 0.388 e. The summed E-state index contributed by atoms with van der Waals surface area (Å²) < 4.78 is 4.50. The molecule has 1 fully saturated rings. The molecule has 1 aliphatic heterocycles. The highest BCUT2D eigenvalue weighted by molar-refractivity contribution is 4.85. The highest BCUT2D eigenvalue weighted by atomic mass is 16.6. The van der Waals surface area contributed by atoms with Gasteiger partial charge >= 0.3 is 0 Å². The van der Waals surface area contributed by atoms with E-state index in [4.69, 9.17) is 25.5 Å². The second-order valence-corrected chi connectivity index (χ2v) is 2.76. The zero-order valence-corrected chi connectivity index (χ0v) is 6.24. The van der Waals surface area contributed by atoms with E-state index in [1.165, 1.54) is 0 Å². The smallest absolute Gasteiger partial charge is 0.183 e. The molecule has 0 spiro atoms. The van der Waals surface area contributed by atoms with Gasteiger partial charge in [-0.3, -0.25) is 0 Å². The summed E-state index contributed by atoms with van der Waals surface area (Å²) in [5, 5.41) is 45.1. The molecule has 1 unspecified atom stereocenters. The molecular formula is C6H12O6. The van der Waals surface area contributed by atoms with Gasteiger partial charge in [-0.2, -0.15) is 0 Å². The third kappa shape index (κ3) is 1.74. The molecule has 0 bridgehead atoms. The monoisotopic (exact) mass is 180 g/mol. The van der Waals surface area contributed by atoms with Crippen molar-refractivity contribution in [2.45, 2.75) is 30.7 Å². The fraction of sp³-hybridized carbons (Fsp3) is 1.00. The minimum absolute atomic E-state index is 0.323. The number of hydrogen-bond donors (Lipinski definition) is 5. The van der Waals surface area contributed by atoms with Gasteiger partial charge in [-0.25, -0.2) is 0 Å². The van der Waals surface area contributed by atoms with Gasteiger partial charge in [0.2, 0.25) is 0 Å². The average molecular weight is 180 g/mol. The molecule has 0 aromatic heterocycles. The summed E-state index contributed by atoms with van der Waals surface area (Å²) in [6, 6.07) is 0. The van der Waals surface area contributed by atoms with Crippen molar-refractivity contribution in [2.75, 3.05) is 6.61 Å². The Bertz CT molecular complexity index is 135. The Labute approximate surface area is 68.6 Å². The van der Waals surface area contributed by atoms with Crippen LogP contribution in [-0.2, 0) is 4.74 Å². The van der Waals surface area contributed by atoms with E-state index in [0.717, 1.165) is 0 Å². The minimum atomic E-state index is -1.60. The molecule has 5 atom stereocenters. The molecule has 12 heavy (non-hydrogen) atoms. The lowest BCUT2D eigenvalue weighted by Gasteiger charge is -2.22. The molecule has 6 heteroatoms. The Kier molecular flexibility index (Phi) is 2.99. The lowest BCUT2D eigenvalue weighted by Crippen LogP contribution is -2.46. The Morgan fingerprint density at radius 2 is 1.42 bits per heavy atom. The van der Waals surface area contributed by atoms with Crippen LogP contribution in [0.1, 0.15) is 0 Å². The van der Waals surface area contributed by atoms with E-state index in [1.54, 1.807) is 0 Å². The molecule has 1 heterocycles. The van der Waals surface area contributed by atoms with Gasteiger partial charge in [0.25, 0.3) is 0 Å². The van der Waals surface area contributed by atoms with Crippen molar-refractivity contribution in [3.8, 4) is 0 Å².